The average molecular weight is 645 g/mol. The normalized spacial score (nSPS) is 30.0. The number of aliphatic hydroxyl groups is 3. The molecule has 0 radical (unpaired) electrons. The standard InChI is InChI=1S/C34H36N4O9/c1-35-18-13-45-22(12-20(18)39)46-14-21-31(44-3)29(40)30(41)34(47-21)38-19-11-7-5-9-16(19)24-26-25(32(42)37(2)33(26)43)23-15-8-4-6-10-17(15)36-27(23)28(24)38/h4-11,18,20-22,29-31,34-36,39-41H,12-14H2,1-3H3/t18-,20-,21-,22-,29+,30-,31+,34-/m1/s1. The molecule has 0 spiro atoms. The molecule has 3 aliphatic rings. The fourth-order valence-corrected chi connectivity index (χ4v) is 7.62. The smallest absolute Gasteiger partial charge is 0.262 e. The van der Waals surface area contributed by atoms with Gasteiger partial charge in [0.25, 0.3) is 11.8 Å². The molecule has 5 heterocycles. The largest absolute Gasteiger partial charge is 0.391 e. The van der Waals surface area contributed by atoms with Gasteiger partial charge < -0.3 is 49.1 Å². The fraction of sp³-hybridized carbons (Fsp3) is 0.412. The molecule has 3 aromatic carbocycles. The van der Waals surface area contributed by atoms with Gasteiger partial charge in [-0.2, -0.15) is 0 Å². The SMILES string of the molecule is CN[C@@H]1CO[C@H](OC[C@H]2O[C@@H](n3c4ccccc4c4c5c(c6c7ccccc7[nH]c6c43)C(=O)N(C)C5=O)[C@H](O)[C@H](O)[C@H]2OC)C[C@H]1O. The minimum absolute atomic E-state index is 0.0630. The monoisotopic (exact) mass is 644 g/mol. The van der Waals surface area contributed by atoms with Crippen molar-refractivity contribution in [2.75, 3.05) is 34.4 Å². The van der Waals surface area contributed by atoms with Gasteiger partial charge in [0, 0.05) is 47.6 Å². The Morgan fingerprint density at radius 2 is 1.68 bits per heavy atom. The van der Waals surface area contributed by atoms with Crippen molar-refractivity contribution in [1.82, 2.24) is 19.8 Å². The summed E-state index contributed by atoms with van der Waals surface area (Å²) in [5.74, 6) is -0.810. The van der Waals surface area contributed by atoms with E-state index < -0.39 is 48.9 Å². The van der Waals surface area contributed by atoms with E-state index >= 15 is 0 Å². The molecular formula is C34H36N4O9. The van der Waals surface area contributed by atoms with Crippen LogP contribution in [-0.4, -0.2) is 119 Å². The highest BCUT2D eigenvalue weighted by Gasteiger charge is 2.48. The number of hydrogen-bond donors (Lipinski definition) is 5. The first-order valence-electron chi connectivity index (χ1n) is 15.7. The van der Waals surface area contributed by atoms with Crippen molar-refractivity contribution in [2.24, 2.45) is 0 Å². The number of nitrogens with one attached hydrogen (secondary N) is 2. The Hall–Kier alpha value is -3.92. The van der Waals surface area contributed by atoms with Crippen LogP contribution in [0.1, 0.15) is 33.4 Å². The molecule has 8 atom stereocenters. The van der Waals surface area contributed by atoms with E-state index in [0.29, 0.717) is 38.3 Å². The first-order chi connectivity index (χ1) is 22.7. The van der Waals surface area contributed by atoms with Gasteiger partial charge in [-0.3, -0.25) is 14.5 Å². The van der Waals surface area contributed by atoms with E-state index in [0.717, 1.165) is 15.8 Å². The van der Waals surface area contributed by atoms with Crippen LogP contribution in [0.25, 0.3) is 43.6 Å². The quantitative estimate of drug-likeness (QED) is 0.173. The summed E-state index contributed by atoms with van der Waals surface area (Å²) in [5.41, 5.74) is 3.17. The number of aromatic nitrogens is 2. The number of carbonyl (C=O) groups is 2. The van der Waals surface area contributed by atoms with Gasteiger partial charge in [0.15, 0.2) is 12.5 Å². The third kappa shape index (κ3) is 4.39. The van der Waals surface area contributed by atoms with E-state index in [2.05, 4.69) is 10.3 Å². The number of ether oxygens (including phenoxy) is 4. The number of nitrogens with zero attached hydrogens (tertiary/aromatic N) is 2. The molecule has 0 aliphatic carbocycles. The average Bonchev–Trinajstić information content (AvgIpc) is 3.70. The molecule has 3 aliphatic heterocycles. The second kappa shape index (κ2) is 11.4. The lowest BCUT2D eigenvalue weighted by Crippen LogP contribution is -2.58. The number of rotatable bonds is 6. The van der Waals surface area contributed by atoms with Gasteiger partial charge >= 0.3 is 0 Å². The lowest BCUT2D eigenvalue weighted by molar-refractivity contribution is -0.275. The predicted molar refractivity (Wildman–Crippen MR) is 171 cm³/mol. The first-order valence-corrected chi connectivity index (χ1v) is 15.7. The lowest BCUT2D eigenvalue weighted by Gasteiger charge is -2.43. The molecule has 13 heteroatoms. The van der Waals surface area contributed by atoms with Crippen LogP contribution in [0.15, 0.2) is 48.5 Å². The maximum Gasteiger partial charge on any atom is 0.262 e. The summed E-state index contributed by atoms with van der Waals surface area (Å²) in [5, 5.41) is 39.2. The van der Waals surface area contributed by atoms with Crippen LogP contribution in [0.5, 0.6) is 0 Å². The number of imide groups is 1. The number of aromatic amines is 1. The summed E-state index contributed by atoms with van der Waals surface area (Å²) in [7, 11) is 4.65. The van der Waals surface area contributed by atoms with Gasteiger partial charge in [0.1, 0.15) is 24.4 Å². The number of carbonyl (C=O) groups excluding carboxylic acids is 2. The van der Waals surface area contributed by atoms with E-state index in [1.807, 2.05) is 48.5 Å². The summed E-state index contributed by atoms with van der Waals surface area (Å²) in [4.78, 5) is 32.1. The summed E-state index contributed by atoms with van der Waals surface area (Å²) in [6.45, 7) is 0.195. The number of para-hydroxylation sites is 2. The minimum Gasteiger partial charge on any atom is -0.391 e. The lowest BCUT2D eigenvalue weighted by atomic mass is 9.96. The Morgan fingerprint density at radius 3 is 2.40 bits per heavy atom. The molecule has 5 N–H and O–H groups in total. The van der Waals surface area contributed by atoms with Crippen LogP contribution in [0, 0.1) is 0 Å². The van der Waals surface area contributed by atoms with Gasteiger partial charge in [-0.1, -0.05) is 36.4 Å². The summed E-state index contributed by atoms with van der Waals surface area (Å²) in [6.07, 6.45) is -6.93. The van der Waals surface area contributed by atoms with Crippen LogP contribution in [0.2, 0.25) is 0 Å². The Bertz CT molecular complexity index is 2060. The summed E-state index contributed by atoms with van der Waals surface area (Å²) >= 11 is 0. The number of hydrogen-bond acceptors (Lipinski definition) is 10. The number of H-pyrrole nitrogens is 1. The second-order valence-electron chi connectivity index (χ2n) is 12.5. The van der Waals surface area contributed by atoms with Crippen LogP contribution < -0.4 is 5.32 Å². The molecule has 5 aromatic rings. The molecule has 47 heavy (non-hydrogen) atoms. The topological polar surface area (TPSA) is 168 Å². The Balaban J connectivity index is 1.31. The van der Waals surface area contributed by atoms with Crippen LogP contribution in [-0.2, 0) is 18.9 Å². The molecule has 0 bridgehead atoms. The minimum atomic E-state index is -1.45. The van der Waals surface area contributed by atoms with Gasteiger partial charge in [0.05, 0.1) is 53.0 Å². The first kappa shape index (κ1) is 30.4. The van der Waals surface area contributed by atoms with Gasteiger partial charge in [-0.25, -0.2) is 0 Å². The molecule has 2 fully saturated rings. The molecule has 2 amide bonds. The number of fused-ring (bicyclic) bond motifs is 10. The van der Waals surface area contributed by atoms with E-state index in [1.165, 1.54) is 14.2 Å². The molecule has 8 rings (SSSR count). The highest BCUT2D eigenvalue weighted by molar-refractivity contribution is 6.39. The molecule has 13 nitrogen and oxygen atoms in total. The van der Waals surface area contributed by atoms with E-state index in [1.54, 1.807) is 11.6 Å². The molecule has 0 unspecified atom stereocenters. The summed E-state index contributed by atoms with van der Waals surface area (Å²) in [6, 6.07) is 14.8. The second-order valence-corrected chi connectivity index (χ2v) is 12.5. The highest BCUT2D eigenvalue weighted by Crippen LogP contribution is 2.47. The van der Waals surface area contributed by atoms with Crippen molar-refractivity contribution < 1.29 is 43.9 Å². The van der Waals surface area contributed by atoms with Crippen LogP contribution in [0.4, 0.5) is 0 Å². The van der Waals surface area contributed by atoms with Crippen LogP contribution >= 0.6 is 0 Å². The maximum atomic E-state index is 13.8. The summed E-state index contributed by atoms with van der Waals surface area (Å²) < 4.78 is 25.8. The number of benzene rings is 3. The van der Waals surface area contributed by atoms with Crippen molar-refractivity contribution in [2.45, 2.75) is 55.5 Å². The number of likely N-dealkylation sites (N-methyl/N-ethyl adjacent to an activating group) is 1. The third-order valence-electron chi connectivity index (χ3n) is 10.0. The molecule has 0 saturated carbocycles. The van der Waals surface area contributed by atoms with Crippen molar-refractivity contribution in [3.63, 3.8) is 0 Å². The van der Waals surface area contributed by atoms with E-state index in [4.69, 9.17) is 18.9 Å². The van der Waals surface area contributed by atoms with Gasteiger partial charge in [0.2, 0.25) is 0 Å². The molecular weight excluding hydrogens is 608 g/mol. The Morgan fingerprint density at radius 1 is 0.979 bits per heavy atom. The zero-order valence-corrected chi connectivity index (χ0v) is 26.0. The maximum absolute atomic E-state index is 13.8. The fourth-order valence-electron chi connectivity index (χ4n) is 7.62. The van der Waals surface area contributed by atoms with E-state index in [9.17, 15) is 24.9 Å². The van der Waals surface area contributed by atoms with Crippen LogP contribution in [0.3, 0.4) is 0 Å². The Kier molecular flexibility index (Phi) is 7.35. The zero-order chi connectivity index (χ0) is 32.7. The number of methoxy groups -OCH3 is 1. The van der Waals surface area contributed by atoms with Crippen molar-refractivity contribution >= 4 is 55.4 Å². The van der Waals surface area contributed by atoms with E-state index in [-0.39, 0.29) is 37.1 Å². The number of aliphatic hydroxyl groups excluding tert-OH is 3. The molecule has 2 aromatic heterocycles. The third-order valence-corrected chi connectivity index (χ3v) is 10.0. The zero-order valence-electron chi connectivity index (χ0n) is 26.0. The Labute approximate surface area is 268 Å². The van der Waals surface area contributed by atoms with Crippen molar-refractivity contribution in [3.05, 3.63) is 59.7 Å². The number of amides is 2. The highest BCUT2D eigenvalue weighted by atomic mass is 16.7. The van der Waals surface area contributed by atoms with Gasteiger partial charge in [-0.05, 0) is 19.2 Å². The predicted octanol–water partition coefficient (Wildman–Crippen LogP) is 2.00. The van der Waals surface area contributed by atoms with Crippen molar-refractivity contribution in [3.8, 4) is 0 Å². The van der Waals surface area contributed by atoms with Gasteiger partial charge in [-0.15, -0.1) is 0 Å². The molecule has 2 saturated heterocycles. The molecule has 246 valence electrons. The van der Waals surface area contributed by atoms with Crippen molar-refractivity contribution in [1.29, 1.82) is 0 Å².